The highest BCUT2D eigenvalue weighted by atomic mass is 16.5. The summed E-state index contributed by atoms with van der Waals surface area (Å²) in [6.45, 7) is 8.42. The summed E-state index contributed by atoms with van der Waals surface area (Å²) in [7, 11) is 3.23. The number of ether oxygens (including phenoxy) is 2. The Morgan fingerprint density at radius 2 is 1.74 bits per heavy atom. The molecular weight excluding hydrogens is 430 g/mol. The van der Waals surface area contributed by atoms with E-state index in [4.69, 9.17) is 9.47 Å². The van der Waals surface area contributed by atoms with E-state index in [0.717, 1.165) is 18.7 Å². The van der Waals surface area contributed by atoms with Crippen molar-refractivity contribution in [3.63, 3.8) is 0 Å². The van der Waals surface area contributed by atoms with Crippen molar-refractivity contribution < 1.29 is 19.1 Å². The number of anilines is 1. The zero-order valence-corrected chi connectivity index (χ0v) is 20.7. The maximum Gasteiger partial charge on any atom is 0.228 e. The summed E-state index contributed by atoms with van der Waals surface area (Å²) >= 11 is 0. The van der Waals surface area contributed by atoms with Gasteiger partial charge in [0.25, 0.3) is 0 Å². The summed E-state index contributed by atoms with van der Waals surface area (Å²) in [5, 5.41) is 0. The lowest BCUT2D eigenvalue weighted by Crippen LogP contribution is -2.51. The Morgan fingerprint density at radius 3 is 2.44 bits per heavy atom. The summed E-state index contributed by atoms with van der Waals surface area (Å²) in [6, 6.07) is 12.2. The third kappa shape index (κ3) is 4.98. The first-order valence-corrected chi connectivity index (χ1v) is 12.0. The van der Waals surface area contributed by atoms with Crippen molar-refractivity contribution in [3.8, 4) is 11.5 Å². The van der Waals surface area contributed by atoms with Crippen molar-refractivity contribution in [2.45, 2.75) is 26.7 Å². The zero-order valence-electron chi connectivity index (χ0n) is 20.7. The molecule has 0 aliphatic carbocycles. The normalized spacial score (nSPS) is 18.4. The molecule has 2 heterocycles. The summed E-state index contributed by atoms with van der Waals surface area (Å²) in [6.07, 6.45) is 1.02. The number of rotatable bonds is 7. The quantitative estimate of drug-likeness (QED) is 0.629. The Kier molecular flexibility index (Phi) is 7.29. The van der Waals surface area contributed by atoms with Crippen LogP contribution in [-0.2, 0) is 16.0 Å². The lowest BCUT2D eigenvalue weighted by atomic mass is 10.1. The topological polar surface area (TPSA) is 62.3 Å². The monoisotopic (exact) mass is 465 g/mol. The van der Waals surface area contributed by atoms with E-state index in [9.17, 15) is 9.59 Å². The van der Waals surface area contributed by atoms with Crippen LogP contribution in [0.2, 0.25) is 0 Å². The van der Waals surface area contributed by atoms with Crippen molar-refractivity contribution in [2.24, 2.45) is 5.92 Å². The van der Waals surface area contributed by atoms with Crippen LogP contribution in [-0.4, -0.2) is 75.1 Å². The van der Waals surface area contributed by atoms with Gasteiger partial charge in [-0.2, -0.15) is 0 Å². The molecule has 2 fully saturated rings. The average Bonchev–Trinajstić information content (AvgIpc) is 3.24. The molecule has 0 saturated carbocycles. The molecule has 0 radical (unpaired) electrons. The Hall–Kier alpha value is -3.22. The van der Waals surface area contributed by atoms with Crippen LogP contribution in [0.5, 0.6) is 11.5 Å². The van der Waals surface area contributed by atoms with Gasteiger partial charge in [-0.3, -0.25) is 9.59 Å². The van der Waals surface area contributed by atoms with Crippen LogP contribution >= 0.6 is 0 Å². The fraction of sp³-hybridized carbons (Fsp3) is 0.481. The first-order valence-electron chi connectivity index (χ1n) is 12.0. The molecule has 0 N–H and O–H groups in total. The fourth-order valence-electron chi connectivity index (χ4n) is 4.96. The lowest BCUT2D eigenvalue weighted by molar-refractivity contribution is -0.136. The average molecular weight is 466 g/mol. The van der Waals surface area contributed by atoms with Crippen LogP contribution in [0.15, 0.2) is 36.4 Å². The first-order chi connectivity index (χ1) is 16.4. The third-order valence-electron chi connectivity index (χ3n) is 7.19. The van der Waals surface area contributed by atoms with E-state index in [1.165, 1.54) is 16.8 Å². The van der Waals surface area contributed by atoms with Gasteiger partial charge < -0.3 is 24.2 Å². The highest BCUT2D eigenvalue weighted by Gasteiger charge is 2.37. The highest BCUT2D eigenvalue weighted by molar-refractivity contribution is 5.89. The minimum atomic E-state index is -0.245. The van der Waals surface area contributed by atoms with Gasteiger partial charge in [0.1, 0.15) is 0 Å². The molecule has 0 bridgehead atoms. The van der Waals surface area contributed by atoms with Gasteiger partial charge in [-0.05, 0) is 55.2 Å². The van der Waals surface area contributed by atoms with Crippen LogP contribution in [0, 0.1) is 19.8 Å². The van der Waals surface area contributed by atoms with Crippen molar-refractivity contribution in [1.82, 2.24) is 9.80 Å². The molecule has 0 aromatic heterocycles. The van der Waals surface area contributed by atoms with E-state index in [1.807, 2.05) is 28.0 Å². The minimum absolute atomic E-state index is 0.0628. The highest BCUT2D eigenvalue weighted by Crippen LogP contribution is 2.29. The fourth-order valence-corrected chi connectivity index (χ4v) is 4.96. The largest absolute Gasteiger partial charge is 0.493 e. The first kappa shape index (κ1) is 23.9. The Balaban J connectivity index is 1.30. The number of benzene rings is 2. The molecule has 7 heteroatoms. The number of hydrogen-bond acceptors (Lipinski definition) is 5. The summed E-state index contributed by atoms with van der Waals surface area (Å²) in [5.74, 6) is 1.30. The van der Waals surface area contributed by atoms with E-state index in [-0.39, 0.29) is 17.7 Å². The van der Waals surface area contributed by atoms with E-state index in [1.54, 1.807) is 14.2 Å². The van der Waals surface area contributed by atoms with E-state index in [0.29, 0.717) is 50.5 Å². The molecule has 0 spiro atoms. The molecule has 1 unspecified atom stereocenters. The van der Waals surface area contributed by atoms with Gasteiger partial charge in [-0.1, -0.05) is 18.2 Å². The molecule has 2 aliphatic heterocycles. The molecule has 2 saturated heterocycles. The van der Waals surface area contributed by atoms with Crippen molar-refractivity contribution in [1.29, 1.82) is 0 Å². The molecule has 4 rings (SSSR count). The number of methoxy groups -OCH3 is 2. The van der Waals surface area contributed by atoms with Crippen LogP contribution in [0.25, 0.3) is 0 Å². The van der Waals surface area contributed by atoms with Crippen LogP contribution in [0.3, 0.4) is 0 Å². The number of carbonyl (C=O) groups excluding carboxylic acids is 2. The Bertz CT molecular complexity index is 1050. The van der Waals surface area contributed by atoms with Gasteiger partial charge in [-0.15, -0.1) is 0 Å². The SMILES string of the molecule is COc1ccc(CCN2CC(C(=O)N3CCN(c4cccc(C)c4C)CC3)CC2=O)cc1OC. The molecule has 34 heavy (non-hydrogen) atoms. The summed E-state index contributed by atoms with van der Waals surface area (Å²) in [4.78, 5) is 31.9. The van der Waals surface area contributed by atoms with Gasteiger partial charge in [0.2, 0.25) is 11.8 Å². The van der Waals surface area contributed by atoms with Gasteiger partial charge in [0.15, 0.2) is 11.5 Å². The number of hydrogen-bond donors (Lipinski definition) is 0. The van der Waals surface area contributed by atoms with Crippen molar-refractivity contribution in [3.05, 3.63) is 53.1 Å². The second-order valence-corrected chi connectivity index (χ2v) is 9.21. The van der Waals surface area contributed by atoms with Crippen LogP contribution in [0.1, 0.15) is 23.1 Å². The number of piperazine rings is 1. The number of nitrogens with zero attached hydrogens (tertiary/aromatic N) is 3. The zero-order chi connectivity index (χ0) is 24.2. The molecule has 2 aliphatic rings. The van der Waals surface area contributed by atoms with Crippen LogP contribution < -0.4 is 14.4 Å². The molecule has 7 nitrogen and oxygen atoms in total. The number of carbonyl (C=O) groups is 2. The Labute approximate surface area is 202 Å². The predicted molar refractivity (Wildman–Crippen MR) is 133 cm³/mol. The third-order valence-corrected chi connectivity index (χ3v) is 7.19. The number of aryl methyl sites for hydroxylation is 1. The van der Waals surface area contributed by atoms with Crippen LogP contribution in [0.4, 0.5) is 5.69 Å². The molecule has 1 atom stereocenters. The van der Waals surface area contributed by atoms with Crippen molar-refractivity contribution in [2.75, 3.05) is 58.4 Å². The van der Waals surface area contributed by atoms with Gasteiger partial charge in [0.05, 0.1) is 20.1 Å². The minimum Gasteiger partial charge on any atom is -0.493 e. The molecule has 182 valence electrons. The Morgan fingerprint density at radius 1 is 1.00 bits per heavy atom. The predicted octanol–water partition coefficient (Wildman–Crippen LogP) is 3.06. The summed E-state index contributed by atoms with van der Waals surface area (Å²) in [5.41, 5.74) is 4.91. The maximum absolute atomic E-state index is 13.2. The van der Waals surface area contributed by atoms with Gasteiger partial charge in [-0.25, -0.2) is 0 Å². The van der Waals surface area contributed by atoms with Crippen molar-refractivity contribution >= 4 is 17.5 Å². The molecular formula is C27H35N3O4. The summed E-state index contributed by atoms with van der Waals surface area (Å²) < 4.78 is 10.7. The molecule has 2 aromatic rings. The van der Waals surface area contributed by atoms with E-state index >= 15 is 0 Å². The maximum atomic E-state index is 13.2. The molecule has 2 amide bonds. The second kappa shape index (κ2) is 10.4. The molecule has 2 aromatic carbocycles. The van der Waals surface area contributed by atoms with E-state index in [2.05, 4.69) is 36.9 Å². The van der Waals surface area contributed by atoms with Gasteiger partial charge in [0, 0.05) is 51.4 Å². The number of amides is 2. The standard InChI is InChI=1S/C27H35N3O4/c1-19-6-5-7-23(20(19)2)28-12-14-29(15-13-28)27(32)22-17-26(31)30(18-22)11-10-21-8-9-24(33-3)25(16-21)34-4/h5-9,16,22H,10-15,17-18H2,1-4H3. The van der Waals surface area contributed by atoms with Gasteiger partial charge >= 0.3 is 0 Å². The lowest BCUT2D eigenvalue weighted by Gasteiger charge is -2.38. The number of likely N-dealkylation sites (tertiary alicyclic amines) is 1. The smallest absolute Gasteiger partial charge is 0.228 e. The van der Waals surface area contributed by atoms with E-state index < -0.39 is 0 Å². The second-order valence-electron chi connectivity index (χ2n) is 9.21.